The van der Waals surface area contributed by atoms with E-state index in [-0.39, 0.29) is 30.2 Å². The standard InChI is InChI=1S/C15H13F3N4O3/c16-15(17,18)12-5-2-6-19-13(12)20-7-8-21-14(23)10-3-1-4-11(9-10)22(24)25/h1-6,9H,7-8H2,(H,19,20)(H,21,23). The molecule has 0 aliphatic rings. The van der Waals surface area contributed by atoms with Gasteiger partial charge in [0.1, 0.15) is 5.82 Å². The van der Waals surface area contributed by atoms with Crippen LogP contribution < -0.4 is 10.6 Å². The highest BCUT2D eigenvalue weighted by Crippen LogP contribution is 2.33. The van der Waals surface area contributed by atoms with Crippen molar-refractivity contribution < 1.29 is 22.9 Å². The molecule has 0 bridgehead atoms. The Morgan fingerprint density at radius 3 is 2.64 bits per heavy atom. The molecule has 0 atom stereocenters. The highest BCUT2D eigenvalue weighted by molar-refractivity contribution is 5.94. The van der Waals surface area contributed by atoms with Crippen LogP contribution in [0.1, 0.15) is 15.9 Å². The van der Waals surface area contributed by atoms with Crippen LogP contribution in [0.4, 0.5) is 24.7 Å². The molecule has 0 spiro atoms. The molecular weight excluding hydrogens is 341 g/mol. The van der Waals surface area contributed by atoms with Gasteiger partial charge in [0.25, 0.3) is 11.6 Å². The van der Waals surface area contributed by atoms with Crippen LogP contribution >= 0.6 is 0 Å². The predicted octanol–water partition coefficient (Wildman–Crippen LogP) is 2.85. The molecule has 0 radical (unpaired) electrons. The Morgan fingerprint density at radius 1 is 1.20 bits per heavy atom. The van der Waals surface area contributed by atoms with Gasteiger partial charge in [-0.3, -0.25) is 14.9 Å². The van der Waals surface area contributed by atoms with Gasteiger partial charge in [0.15, 0.2) is 0 Å². The number of amides is 1. The lowest BCUT2D eigenvalue weighted by Gasteiger charge is -2.13. The van der Waals surface area contributed by atoms with Gasteiger partial charge in [0, 0.05) is 37.0 Å². The maximum atomic E-state index is 12.8. The molecule has 0 aliphatic carbocycles. The predicted molar refractivity (Wildman–Crippen MR) is 83.2 cm³/mol. The molecule has 1 aromatic carbocycles. The maximum Gasteiger partial charge on any atom is 0.419 e. The SMILES string of the molecule is O=C(NCCNc1ncccc1C(F)(F)F)c1cccc([N+](=O)[O-])c1. The topological polar surface area (TPSA) is 97.2 Å². The van der Waals surface area contributed by atoms with Crippen LogP contribution in [0.5, 0.6) is 0 Å². The van der Waals surface area contributed by atoms with Gasteiger partial charge in [-0.2, -0.15) is 13.2 Å². The van der Waals surface area contributed by atoms with Gasteiger partial charge in [-0.15, -0.1) is 0 Å². The number of nitro benzene ring substituents is 1. The number of halogens is 3. The van der Waals surface area contributed by atoms with Crippen molar-refractivity contribution in [2.75, 3.05) is 18.4 Å². The van der Waals surface area contributed by atoms with Gasteiger partial charge < -0.3 is 10.6 Å². The van der Waals surface area contributed by atoms with Crippen molar-refractivity contribution in [1.82, 2.24) is 10.3 Å². The third-order valence-electron chi connectivity index (χ3n) is 3.14. The molecule has 1 aromatic heterocycles. The fourth-order valence-electron chi connectivity index (χ4n) is 1.99. The first-order valence-electron chi connectivity index (χ1n) is 7.08. The van der Waals surface area contributed by atoms with Crippen molar-refractivity contribution in [2.24, 2.45) is 0 Å². The fourth-order valence-corrected chi connectivity index (χ4v) is 1.99. The Balaban J connectivity index is 1.91. The zero-order chi connectivity index (χ0) is 18.4. The van der Waals surface area contributed by atoms with E-state index in [1.165, 1.54) is 30.5 Å². The molecule has 2 aromatic rings. The van der Waals surface area contributed by atoms with E-state index in [2.05, 4.69) is 15.6 Å². The van der Waals surface area contributed by atoms with Crippen LogP contribution in [0.2, 0.25) is 0 Å². The molecule has 0 saturated heterocycles. The van der Waals surface area contributed by atoms with Gasteiger partial charge in [0.05, 0.1) is 10.5 Å². The van der Waals surface area contributed by atoms with Crippen LogP contribution in [0.25, 0.3) is 0 Å². The van der Waals surface area contributed by atoms with E-state index in [0.29, 0.717) is 0 Å². The Labute approximate surface area is 140 Å². The monoisotopic (exact) mass is 354 g/mol. The third kappa shape index (κ3) is 4.90. The average molecular weight is 354 g/mol. The zero-order valence-corrected chi connectivity index (χ0v) is 12.7. The van der Waals surface area contributed by atoms with Crippen LogP contribution in [0.3, 0.4) is 0 Å². The minimum Gasteiger partial charge on any atom is -0.368 e. The van der Waals surface area contributed by atoms with Gasteiger partial charge in [-0.05, 0) is 18.2 Å². The quantitative estimate of drug-likeness (QED) is 0.472. The first-order valence-corrected chi connectivity index (χ1v) is 7.08. The summed E-state index contributed by atoms with van der Waals surface area (Å²) in [5.41, 5.74) is -1.04. The number of carbonyl (C=O) groups excluding carboxylic acids is 1. The molecule has 0 saturated carbocycles. The Bertz CT molecular complexity index is 781. The van der Waals surface area contributed by atoms with Crippen molar-refractivity contribution in [2.45, 2.75) is 6.18 Å². The Hall–Kier alpha value is -3.17. The van der Waals surface area contributed by atoms with E-state index >= 15 is 0 Å². The molecule has 1 amide bonds. The summed E-state index contributed by atoms with van der Waals surface area (Å²) in [5.74, 6) is -0.901. The molecule has 25 heavy (non-hydrogen) atoms. The molecule has 7 nitrogen and oxygen atoms in total. The van der Waals surface area contributed by atoms with Gasteiger partial charge >= 0.3 is 6.18 Å². The van der Waals surface area contributed by atoms with Crippen molar-refractivity contribution >= 4 is 17.4 Å². The van der Waals surface area contributed by atoms with Gasteiger partial charge in [-0.25, -0.2) is 4.98 Å². The molecule has 132 valence electrons. The number of aromatic nitrogens is 1. The van der Waals surface area contributed by atoms with E-state index in [9.17, 15) is 28.1 Å². The number of benzene rings is 1. The maximum absolute atomic E-state index is 12.8. The second-order valence-corrected chi connectivity index (χ2v) is 4.89. The minimum absolute atomic E-state index is 0.000754. The molecule has 2 rings (SSSR count). The van der Waals surface area contributed by atoms with Crippen molar-refractivity contribution in [3.05, 3.63) is 63.8 Å². The molecule has 0 unspecified atom stereocenters. The molecule has 10 heteroatoms. The summed E-state index contributed by atoms with van der Waals surface area (Å²) in [7, 11) is 0. The Morgan fingerprint density at radius 2 is 1.96 bits per heavy atom. The first kappa shape index (κ1) is 18.2. The molecule has 1 heterocycles. The van der Waals surface area contributed by atoms with Gasteiger partial charge in [-0.1, -0.05) is 6.07 Å². The van der Waals surface area contributed by atoms with E-state index in [0.717, 1.165) is 12.1 Å². The van der Waals surface area contributed by atoms with Crippen LogP contribution in [0.15, 0.2) is 42.6 Å². The fraction of sp³-hybridized carbons (Fsp3) is 0.200. The number of nitrogens with one attached hydrogen (secondary N) is 2. The van der Waals surface area contributed by atoms with Crippen LogP contribution in [-0.4, -0.2) is 28.9 Å². The number of anilines is 1. The number of hydrogen-bond acceptors (Lipinski definition) is 5. The van der Waals surface area contributed by atoms with Gasteiger partial charge in [0.2, 0.25) is 0 Å². The summed E-state index contributed by atoms with van der Waals surface area (Å²) in [6.45, 7) is 0.0101. The number of hydrogen-bond donors (Lipinski definition) is 2. The Kier molecular flexibility index (Phi) is 5.52. The highest BCUT2D eigenvalue weighted by Gasteiger charge is 2.33. The molecule has 0 fully saturated rings. The largest absolute Gasteiger partial charge is 0.419 e. The summed E-state index contributed by atoms with van der Waals surface area (Å²) in [6.07, 6.45) is -3.32. The van der Waals surface area contributed by atoms with Crippen molar-refractivity contribution in [1.29, 1.82) is 0 Å². The smallest absolute Gasteiger partial charge is 0.368 e. The number of alkyl halides is 3. The molecule has 0 aliphatic heterocycles. The molecule has 2 N–H and O–H groups in total. The number of carbonyl (C=O) groups is 1. The second-order valence-electron chi connectivity index (χ2n) is 4.89. The number of non-ortho nitro benzene ring substituents is 1. The van der Waals surface area contributed by atoms with Crippen molar-refractivity contribution in [3.63, 3.8) is 0 Å². The van der Waals surface area contributed by atoms with Crippen LogP contribution in [-0.2, 0) is 6.18 Å². The lowest BCUT2D eigenvalue weighted by molar-refractivity contribution is -0.384. The summed E-state index contributed by atoms with van der Waals surface area (Å²) in [4.78, 5) is 25.6. The normalized spacial score (nSPS) is 11.0. The summed E-state index contributed by atoms with van der Waals surface area (Å²) in [6, 6.07) is 7.21. The lowest BCUT2D eigenvalue weighted by Crippen LogP contribution is -2.29. The average Bonchev–Trinajstić information content (AvgIpc) is 2.58. The molecular formula is C15H13F3N4O3. The third-order valence-corrected chi connectivity index (χ3v) is 3.14. The minimum atomic E-state index is -4.54. The zero-order valence-electron chi connectivity index (χ0n) is 12.7. The van der Waals surface area contributed by atoms with E-state index in [1.807, 2.05) is 0 Å². The summed E-state index contributed by atoms with van der Waals surface area (Å²) < 4.78 is 38.4. The summed E-state index contributed by atoms with van der Waals surface area (Å²) >= 11 is 0. The number of nitro groups is 1. The lowest BCUT2D eigenvalue weighted by atomic mass is 10.2. The van der Waals surface area contributed by atoms with E-state index < -0.39 is 22.6 Å². The first-order chi connectivity index (χ1) is 11.8. The second kappa shape index (κ2) is 7.60. The highest BCUT2D eigenvalue weighted by atomic mass is 19.4. The van der Waals surface area contributed by atoms with E-state index in [4.69, 9.17) is 0 Å². The number of nitrogens with zero attached hydrogens (tertiary/aromatic N) is 2. The number of rotatable bonds is 6. The number of pyridine rings is 1. The van der Waals surface area contributed by atoms with Crippen molar-refractivity contribution in [3.8, 4) is 0 Å². The summed E-state index contributed by atoms with van der Waals surface area (Å²) in [5, 5.41) is 15.6. The van der Waals surface area contributed by atoms with E-state index in [1.54, 1.807) is 0 Å². The van der Waals surface area contributed by atoms with Crippen LogP contribution in [0, 0.1) is 10.1 Å².